The van der Waals surface area contributed by atoms with Gasteiger partial charge in [0.2, 0.25) is 0 Å². The molecule has 4 rings (SSSR count). The molecular weight excluding hydrogens is 333 g/mol. The van der Waals surface area contributed by atoms with Crippen molar-refractivity contribution in [2.24, 2.45) is 11.8 Å². The summed E-state index contributed by atoms with van der Waals surface area (Å²) in [5, 5.41) is 9.32. The van der Waals surface area contributed by atoms with Gasteiger partial charge in [0.05, 0.1) is 12.6 Å². The second-order valence-electron chi connectivity index (χ2n) is 7.33. The minimum Gasteiger partial charge on any atom is -0.508 e. The predicted octanol–water partition coefficient (Wildman–Crippen LogP) is 3.50. The maximum absolute atomic E-state index is 13.7. The first-order chi connectivity index (χ1) is 12.6. The molecular formula is C21H22FNO3. The molecule has 0 aromatic heterocycles. The van der Waals surface area contributed by atoms with Crippen LogP contribution in [0.4, 0.5) is 4.39 Å². The number of likely N-dealkylation sites (tertiary alicyclic amines) is 1. The van der Waals surface area contributed by atoms with Crippen molar-refractivity contribution in [1.82, 2.24) is 4.90 Å². The van der Waals surface area contributed by atoms with Crippen LogP contribution in [0.25, 0.3) is 0 Å². The summed E-state index contributed by atoms with van der Waals surface area (Å²) in [6, 6.07) is 12.9. The van der Waals surface area contributed by atoms with Gasteiger partial charge in [0.15, 0.2) is 17.3 Å². The topological polar surface area (TPSA) is 49.8 Å². The van der Waals surface area contributed by atoms with Gasteiger partial charge in [0.1, 0.15) is 5.75 Å². The number of phenolic OH excluding ortho intramolecular Hbond substituents is 1. The number of ketones is 1. The number of hydrogen-bond donors (Lipinski definition) is 1. The number of carbonyl (C=O) groups is 1. The lowest BCUT2D eigenvalue weighted by atomic mass is 10.0. The van der Waals surface area contributed by atoms with Gasteiger partial charge in [-0.1, -0.05) is 12.1 Å². The van der Waals surface area contributed by atoms with Gasteiger partial charge >= 0.3 is 0 Å². The van der Waals surface area contributed by atoms with Gasteiger partial charge in [-0.15, -0.1) is 0 Å². The number of halogens is 1. The molecule has 3 atom stereocenters. The molecule has 0 amide bonds. The van der Waals surface area contributed by atoms with Crippen molar-refractivity contribution in [2.75, 3.05) is 19.6 Å². The molecule has 1 heterocycles. The lowest BCUT2D eigenvalue weighted by Gasteiger charge is -2.19. The Balaban J connectivity index is 1.30. The van der Waals surface area contributed by atoms with Crippen molar-refractivity contribution in [3.05, 3.63) is 59.9 Å². The van der Waals surface area contributed by atoms with Crippen LogP contribution in [0.5, 0.6) is 11.5 Å². The maximum atomic E-state index is 13.7. The third kappa shape index (κ3) is 3.58. The highest BCUT2D eigenvalue weighted by Crippen LogP contribution is 2.40. The first kappa shape index (κ1) is 17.0. The van der Waals surface area contributed by atoms with E-state index in [1.54, 1.807) is 30.3 Å². The summed E-state index contributed by atoms with van der Waals surface area (Å²) in [4.78, 5) is 14.6. The monoisotopic (exact) mass is 355 g/mol. The Bertz CT molecular complexity index is 778. The molecule has 1 saturated heterocycles. The summed E-state index contributed by atoms with van der Waals surface area (Å²) >= 11 is 0. The Labute approximate surface area is 152 Å². The van der Waals surface area contributed by atoms with Crippen molar-refractivity contribution in [2.45, 2.75) is 18.9 Å². The van der Waals surface area contributed by atoms with Gasteiger partial charge in [0, 0.05) is 18.7 Å². The smallest absolute Gasteiger partial charge is 0.176 e. The third-order valence-electron chi connectivity index (χ3n) is 5.47. The van der Waals surface area contributed by atoms with E-state index in [-0.39, 0.29) is 23.5 Å². The summed E-state index contributed by atoms with van der Waals surface area (Å²) in [7, 11) is 0. The average Bonchev–Trinajstić information content (AvgIpc) is 3.15. The van der Waals surface area contributed by atoms with Crippen LogP contribution in [0.3, 0.4) is 0 Å². The molecule has 0 spiro atoms. The number of carbonyl (C=O) groups excluding carboxylic acids is 1. The zero-order valence-electron chi connectivity index (χ0n) is 14.5. The van der Waals surface area contributed by atoms with Crippen LogP contribution < -0.4 is 4.74 Å². The molecule has 1 N–H and O–H groups in total. The molecule has 1 aliphatic heterocycles. The van der Waals surface area contributed by atoms with E-state index in [0.717, 1.165) is 25.9 Å². The summed E-state index contributed by atoms with van der Waals surface area (Å²) in [6.45, 7) is 2.16. The highest BCUT2D eigenvalue weighted by molar-refractivity contribution is 5.97. The summed E-state index contributed by atoms with van der Waals surface area (Å²) in [6.07, 6.45) is 1.86. The number of benzene rings is 2. The SMILES string of the molecule is O=C(CN1C[C@H]2C[C@H](Oc3ccccc3F)C[C@H]2C1)c1ccc(O)cc1. The van der Waals surface area contributed by atoms with Crippen LogP contribution in [-0.2, 0) is 0 Å². The molecule has 2 aliphatic rings. The van der Waals surface area contributed by atoms with Crippen LogP contribution in [0.1, 0.15) is 23.2 Å². The summed E-state index contributed by atoms with van der Waals surface area (Å²) < 4.78 is 19.6. The quantitative estimate of drug-likeness (QED) is 0.834. The molecule has 1 saturated carbocycles. The highest BCUT2D eigenvalue weighted by atomic mass is 19.1. The maximum Gasteiger partial charge on any atom is 0.176 e. The van der Waals surface area contributed by atoms with E-state index in [1.807, 2.05) is 0 Å². The van der Waals surface area contributed by atoms with Gasteiger partial charge in [-0.25, -0.2) is 4.39 Å². The van der Waals surface area contributed by atoms with E-state index in [2.05, 4.69) is 4.90 Å². The van der Waals surface area contributed by atoms with E-state index in [0.29, 0.717) is 29.7 Å². The van der Waals surface area contributed by atoms with E-state index in [1.165, 1.54) is 18.2 Å². The van der Waals surface area contributed by atoms with Crippen LogP contribution in [0.2, 0.25) is 0 Å². The number of fused-ring (bicyclic) bond motifs is 1. The number of para-hydroxylation sites is 1. The number of nitrogens with zero attached hydrogens (tertiary/aromatic N) is 1. The number of Topliss-reactive ketones (excluding diaryl/α,β-unsaturated/α-hetero) is 1. The van der Waals surface area contributed by atoms with Crippen LogP contribution in [-0.4, -0.2) is 41.5 Å². The normalized spacial score (nSPS) is 25.2. The molecule has 0 radical (unpaired) electrons. The predicted molar refractivity (Wildman–Crippen MR) is 95.9 cm³/mol. The van der Waals surface area contributed by atoms with Gasteiger partial charge in [-0.3, -0.25) is 9.69 Å². The summed E-state index contributed by atoms with van der Waals surface area (Å²) in [5.74, 6) is 1.25. The lowest BCUT2D eigenvalue weighted by molar-refractivity contribution is 0.0936. The van der Waals surface area contributed by atoms with Crippen molar-refractivity contribution >= 4 is 5.78 Å². The molecule has 2 fully saturated rings. The Kier molecular flexibility index (Phi) is 4.64. The Morgan fingerprint density at radius 2 is 1.73 bits per heavy atom. The zero-order chi connectivity index (χ0) is 18.1. The largest absolute Gasteiger partial charge is 0.508 e. The number of hydrogen-bond acceptors (Lipinski definition) is 4. The molecule has 2 aromatic carbocycles. The van der Waals surface area contributed by atoms with Crippen molar-refractivity contribution < 1.29 is 19.0 Å². The molecule has 136 valence electrons. The van der Waals surface area contributed by atoms with E-state index < -0.39 is 0 Å². The molecule has 2 aromatic rings. The standard InChI is InChI=1S/C21H22FNO3/c22-19-3-1-2-4-21(19)26-18-9-15-11-23(12-16(15)10-18)13-20(25)14-5-7-17(24)8-6-14/h1-8,15-16,18,24H,9-13H2/t15-,16+,18+. The molecule has 5 heteroatoms. The highest BCUT2D eigenvalue weighted by Gasteiger charge is 2.42. The first-order valence-electron chi connectivity index (χ1n) is 9.04. The first-order valence-corrected chi connectivity index (χ1v) is 9.04. The van der Waals surface area contributed by atoms with E-state index in [9.17, 15) is 14.3 Å². The minimum absolute atomic E-state index is 0.0526. The molecule has 0 bridgehead atoms. The molecule has 0 unspecified atom stereocenters. The average molecular weight is 355 g/mol. The number of rotatable bonds is 5. The van der Waals surface area contributed by atoms with E-state index >= 15 is 0 Å². The number of phenols is 1. The van der Waals surface area contributed by atoms with Gasteiger partial charge in [-0.2, -0.15) is 0 Å². The fourth-order valence-electron chi connectivity index (χ4n) is 4.23. The Hall–Kier alpha value is -2.40. The molecule has 26 heavy (non-hydrogen) atoms. The van der Waals surface area contributed by atoms with E-state index in [4.69, 9.17) is 4.74 Å². The number of ether oxygens (including phenoxy) is 1. The fourth-order valence-corrected chi connectivity index (χ4v) is 4.23. The second kappa shape index (κ2) is 7.08. The second-order valence-corrected chi connectivity index (χ2v) is 7.33. The van der Waals surface area contributed by atoms with Crippen molar-refractivity contribution in [3.8, 4) is 11.5 Å². The third-order valence-corrected chi connectivity index (χ3v) is 5.47. The Morgan fingerprint density at radius 1 is 1.08 bits per heavy atom. The van der Waals surface area contributed by atoms with Crippen molar-refractivity contribution in [1.29, 1.82) is 0 Å². The minimum atomic E-state index is -0.314. The van der Waals surface area contributed by atoms with Crippen LogP contribution >= 0.6 is 0 Å². The molecule has 4 nitrogen and oxygen atoms in total. The fraction of sp³-hybridized carbons (Fsp3) is 0.381. The van der Waals surface area contributed by atoms with Gasteiger partial charge < -0.3 is 9.84 Å². The molecule has 1 aliphatic carbocycles. The van der Waals surface area contributed by atoms with Crippen LogP contribution in [0.15, 0.2) is 48.5 Å². The lowest BCUT2D eigenvalue weighted by Crippen LogP contribution is -2.30. The van der Waals surface area contributed by atoms with Gasteiger partial charge in [0.25, 0.3) is 0 Å². The number of aromatic hydroxyl groups is 1. The van der Waals surface area contributed by atoms with Gasteiger partial charge in [-0.05, 0) is 61.1 Å². The Morgan fingerprint density at radius 3 is 2.38 bits per heavy atom. The zero-order valence-corrected chi connectivity index (χ0v) is 14.5. The van der Waals surface area contributed by atoms with Crippen LogP contribution in [0, 0.1) is 17.7 Å². The van der Waals surface area contributed by atoms with Crippen molar-refractivity contribution in [3.63, 3.8) is 0 Å². The summed E-state index contributed by atoms with van der Waals surface area (Å²) in [5.41, 5.74) is 0.626.